The number of amides is 1. The third-order valence-electron chi connectivity index (χ3n) is 4.64. The molecule has 7 nitrogen and oxygen atoms in total. The Morgan fingerprint density at radius 3 is 3.03 bits per heavy atom. The van der Waals surface area contributed by atoms with E-state index in [-0.39, 0.29) is 28.1 Å². The van der Waals surface area contributed by atoms with Gasteiger partial charge in [-0.05, 0) is 43.2 Å². The molecule has 1 amide bonds. The highest BCUT2D eigenvalue weighted by atomic mass is 35.5. The fourth-order valence-corrected chi connectivity index (χ4v) is 4.16. The van der Waals surface area contributed by atoms with Gasteiger partial charge in [0.15, 0.2) is 10.8 Å². The molecule has 4 rings (SSSR count). The van der Waals surface area contributed by atoms with E-state index in [1.54, 1.807) is 18.3 Å². The molecule has 1 aromatic carbocycles. The molecule has 30 heavy (non-hydrogen) atoms. The van der Waals surface area contributed by atoms with Crippen LogP contribution in [0.1, 0.15) is 12.8 Å². The van der Waals surface area contributed by atoms with Crippen LogP contribution in [-0.2, 0) is 16.1 Å². The van der Waals surface area contributed by atoms with Crippen LogP contribution >= 0.6 is 23.4 Å². The molecule has 1 unspecified atom stereocenters. The summed E-state index contributed by atoms with van der Waals surface area (Å²) < 4.78 is 21.1. The minimum atomic E-state index is -0.621. The van der Waals surface area contributed by atoms with Crippen LogP contribution in [0.25, 0.3) is 11.0 Å². The largest absolute Gasteiger partial charge is 0.376 e. The van der Waals surface area contributed by atoms with Crippen LogP contribution in [-0.4, -0.2) is 38.9 Å². The molecule has 1 N–H and O–H groups in total. The number of hydrogen-bond donors (Lipinski definition) is 1. The monoisotopic (exact) mass is 448 g/mol. The molecule has 2 aromatic heterocycles. The molecule has 1 aliphatic rings. The number of carbonyl (C=O) groups is 1. The van der Waals surface area contributed by atoms with Crippen molar-refractivity contribution in [3.63, 3.8) is 0 Å². The number of nitrogens with zero attached hydrogens (tertiary/aromatic N) is 3. The van der Waals surface area contributed by atoms with Crippen molar-refractivity contribution >= 4 is 46.0 Å². The predicted molar refractivity (Wildman–Crippen MR) is 114 cm³/mol. The average Bonchev–Trinajstić information content (AvgIpc) is 3.24. The molecule has 1 saturated heterocycles. The minimum Gasteiger partial charge on any atom is -0.376 e. The summed E-state index contributed by atoms with van der Waals surface area (Å²) in [6.45, 7) is 1.02. The van der Waals surface area contributed by atoms with E-state index in [9.17, 15) is 14.0 Å². The molecule has 1 fully saturated rings. The van der Waals surface area contributed by atoms with E-state index in [1.807, 2.05) is 0 Å². The average molecular weight is 449 g/mol. The van der Waals surface area contributed by atoms with Gasteiger partial charge in [0.05, 0.1) is 29.5 Å². The van der Waals surface area contributed by atoms with Gasteiger partial charge in [0.2, 0.25) is 5.91 Å². The van der Waals surface area contributed by atoms with Crippen molar-refractivity contribution in [3.8, 4) is 0 Å². The molecule has 1 aliphatic heterocycles. The Labute approximate surface area is 180 Å². The molecule has 0 radical (unpaired) electrons. The maximum absolute atomic E-state index is 13.9. The number of ether oxygens (including phenoxy) is 1. The molecule has 0 bridgehead atoms. The first-order chi connectivity index (χ1) is 14.5. The standard InChI is InChI=1S/C20H18ClFN4O3S/c21-12-5-6-16(15(22)9-12)24-17(27)11-30-20-25-18-14(4-1-7-23-18)19(28)26(20)10-13-3-2-8-29-13/h1,4-7,9,13H,2-3,8,10-11H2,(H,24,27). The lowest BCUT2D eigenvalue weighted by atomic mass is 10.2. The number of nitrogens with one attached hydrogen (secondary N) is 1. The van der Waals surface area contributed by atoms with Gasteiger partial charge in [0, 0.05) is 17.8 Å². The van der Waals surface area contributed by atoms with Crippen LogP contribution in [0.2, 0.25) is 5.02 Å². The summed E-state index contributed by atoms with van der Waals surface area (Å²) in [5, 5.41) is 3.52. The number of aromatic nitrogens is 3. The molecular weight excluding hydrogens is 431 g/mol. The third-order valence-corrected chi connectivity index (χ3v) is 5.85. The van der Waals surface area contributed by atoms with Gasteiger partial charge in [-0.1, -0.05) is 23.4 Å². The Kier molecular flexibility index (Phi) is 6.31. The smallest absolute Gasteiger partial charge is 0.263 e. The van der Waals surface area contributed by atoms with Crippen molar-refractivity contribution in [2.45, 2.75) is 30.6 Å². The number of thioether (sulfide) groups is 1. The molecule has 156 valence electrons. The van der Waals surface area contributed by atoms with Gasteiger partial charge in [0.25, 0.3) is 5.56 Å². The van der Waals surface area contributed by atoms with Crippen LogP contribution in [0.15, 0.2) is 46.5 Å². The Bertz CT molecular complexity index is 1150. The second-order valence-electron chi connectivity index (χ2n) is 6.78. The van der Waals surface area contributed by atoms with Crippen LogP contribution < -0.4 is 10.9 Å². The van der Waals surface area contributed by atoms with Gasteiger partial charge < -0.3 is 10.1 Å². The molecular formula is C20H18ClFN4O3S. The number of carbonyl (C=O) groups excluding carboxylic acids is 1. The second-order valence-corrected chi connectivity index (χ2v) is 8.16. The van der Waals surface area contributed by atoms with E-state index in [1.165, 1.54) is 16.7 Å². The first kappa shape index (κ1) is 20.8. The number of pyridine rings is 1. The van der Waals surface area contributed by atoms with Gasteiger partial charge in [0.1, 0.15) is 5.82 Å². The number of halogens is 2. The predicted octanol–water partition coefficient (Wildman–Crippen LogP) is 3.49. The highest BCUT2D eigenvalue weighted by Crippen LogP contribution is 2.22. The van der Waals surface area contributed by atoms with Crippen molar-refractivity contribution < 1.29 is 13.9 Å². The zero-order chi connectivity index (χ0) is 21.1. The van der Waals surface area contributed by atoms with Crippen LogP contribution in [0.5, 0.6) is 0 Å². The Balaban J connectivity index is 1.56. The van der Waals surface area contributed by atoms with E-state index in [4.69, 9.17) is 16.3 Å². The molecule has 10 heteroatoms. The van der Waals surface area contributed by atoms with Gasteiger partial charge >= 0.3 is 0 Å². The minimum absolute atomic E-state index is 0.0369. The SMILES string of the molecule is O=C(CSc1nc2ncccc2c(=O)n1CC1CCCO1)Nc1ccc(Cl)cc1F. The summed E-state index contributed by atoms with van der Waals surface area (Å²) in [4.78, 5) is 34.0. The van der Waals surface area contributed by atoms with Crippen molar-refractivity contribution in [2.24, 2.45) is 0 Å². The topological polar surface area (TPSA) is 86.1 Å². The number of rotatable bonds is 6. The van der Waals surface area contributed by atoms with E-state index < -0.39 is 11.7 Å². The Hall–Kier alpha value is -2.49. The summed E-state index contributed by atoms with van der Waals surface area (Å²) in [6, 6.07) is 7.37. The number of benzene rings is 1. The molecule has 3 heterocycles. The van der Waals surface area contributed by atoms with Crippen molar-refractivity contribution in [2.75, 3.05) is 17.7 Å². The van der Waals surface area contributed by atoms with Crippen LogP contribution in [0.4, 0.5) is 10.1 Å². The van der Waals surface area contributed by atoms with Crippen LogP contribution in [0, 0.1) is 5.82 Å². The zero-order valence-corrected chi connectivity index (χ0v) is 17.4. The van der Waals surface area contributed by atoms with Crippen molar-refractivity contribution in [3.05, 3.63) is 57.7 Å². The zero-order valence-electron chi connectivity index (χ0n) is 15.8. The van der Waals surface area contributed by atoms with E-state index in [2.05, 4.69) is 15.3 Å². The molecule has 0 saturated carbocycles. The lowest BCUT2D eigenvalue weighted by Crippen LogP contribution is -2.29. The van der Waals surface area contributed by atoms with Gasteiger partial charge in [-0.15, -0.1) is 0 Å². The lowest BCUT2D eigenvalue weighted by Gasteiger charge is -2.16. The molecule has 0 spiro atoms. The number of anilines is 1. The maximum atomic E-state index is 13.9. The first-order valence-corrected chi connectivity index (χ1v) is 10.7. The van der Waals surface area contributed by atoms with E-state index >= 15 is 0 Å². The fraction of sp³-hybridized carbons (Fsp3) is 0.300. The van der Waals surface area contributed by atoms with Gasteiger partial charge in [-0.2, -0.15) is 0 Å². The fourth-order valence-electron chi connectivity index (χ4n) is 3.21. The normalized spacial score (nSPS) is 16.1. The summed E-state index contributed by atoms with van der Waals surface area (Å²) in [7, 11) is 0. The second kappa shape index (κ2) is 9.11. The van der Waals surface area contributed by atoms with Crippen molar-refractivity contribution in [1.82, 2.24) is 14.5 Å². The third kappa shape index (κ3) is 4.63. The molecule has 1 atom stereocenters. The number of hydrogen-bond acceptors (Lipinski definition) is 6. The van der Waals surface area contributed by atoms with Gasteiger partial charge in [-0.25, -0.2) is 14.4 Å². The molecule has 0 aliphatic carbocycles. The molecule has 3 aromatic rings. The highest BCUT2D eigenvalue weighted by molar-refractivity contribution is 7.99. The van der Waals surface area contributed by atoms with Gasteiger partial charge in [-0.3, -0.25) is 14.2 Å². The lowest BCUT2D eigenvalue weighted by molar-refractivity contribution is -0.113. The van der Waals surface area contributed by atoms with Crippen molar-refractivity contribution in [1.29, 1.82) is 0 Å². The summed E-state index contributed by atoms with van der Waals surface area (Å²) in [5.74, 6) is -1.11. The Morgan fingerprint density at radius 1 is 1.40 bits per heavy atom. The summed E-state index contributed by atoms with van der Waals surface area (Å²) in [5.41, 5.74) is 0.128. The highest BCUT2D eigenvalue weighted by Gasteiger charge is 2.21. The first-order valence-electron chi connectivity index (χ1n) is 9.36. The van der Waals surface area contributed by atoms with E-state index in [0.29, 0.717) is 29.3 Å². The van der Waals surface area contributed by atoms with Crippen LogP contribution in [0.3, 0.4) is 0 Å². The summed E-state index contributed by atoms with van der Waals surface area (Å²) in [6.07, 6.45) is 3.29. The number of fused-ring (bicyclic) bond motifs is 1. The maximum Gasteiger partial charge on any atom is 0.263 e. The summed E-state index contributed by atoms with van der Waals surface area (Å²) >= 11 is 6.82. The quantitative estimate of drug-likeness (QED) is 0.459. The Morgan fingerprint density at radius 2 is 2.27 bits per heavy atom. The van der Waals surface area contributed by atoms with E-state index in [0.717, 1.165) is 30.7 Å².